The molecule has 1 amide bonds. The van der Waals surface area contributed by atoms with Crippen molar-refractivity contribution in [2.45, 2.75) is 32.4 Å². The van der Waals surface area contributed by atoms with Gasteiger partial charge in [-0.3, -0.25) is 14.7 Å². The van der Waals surface area contributed by atoms with Gasteiger partial charge in [-0.1, -0.05) is 12.1 Å². The first-order valence-corrected chi connectivity index (χ1v) is 7.69. The van der Waals surface area contributed by atoms with E-state index in [1.54, 1.807) is 7.11 Å². The van der Waals surface area contributed by atoms with Crippen LogP contribution in [-0.2, 0) is 29.1 Å². The molecule has 0 fully saturated rings. The number of rotatable bonds is 6. The Bertz CT molecular complexity index is 666. The predicted octanol–water partition coefficient (Wildman–Crippen LogP) is 1.78. The van der Waals surface area contributed by atoms with Crippen LogP contribution in [0.1, 0.15) is 24.2 Å². The van der Waals surface area contributed by atoms with Gasteiger partial charge >= 0.3 is 0 Å². The Morgan fingerprint density at radius 3 is 2.87 bits per heavy atom. The Morgan fingerprint density at radius 1 is 1.26 bits per heavy atom. The van der Waals surface area contributed by atoms with Crippen LogP contribution in [0.25, 0.3) is 0 Å². The molecule has 1 aromatic heterocycles. The van der Waals surface area contributed by atoms with E-state index in [0.29, 0.717) is 12.6 Å². The minimum Gasteiger partial charge on any atom is -0.497 e. The summed E-state index contributed by atoms with van der Waals surface area (Å²) in [6.07, 6.45) is 3.12. The number of benzene rings is 1. The van der Waals surface area contributed by atoms with Crippen LogP contribution in [0.15, 0.2) is 24.3 Å². The molecule has 3 rings (SSSR count). The zero-order chi connectivity index (χ0) is 16.1. The summed E-state index contributed by atoms with van der Waals surface area (Å²) in [6, 6.07) is 7.54. The average molecular weight is 316 g/mol. The summed E-state index contributed by atoms with van der Waals surface area (Å²) in [4.78, 5) is 11.9. The second kappa shape index (κ2) is 7.23. The number of carbonyl (C=O) groups is 1. The van der Waals surface area contributed by atoms with Gasteiger partial charge in [0.2, 0.25) is 5.95 Å². The van der Waals surface area contributed by atoms with Crippen molar-refractivity contribution in [3.8, 4) is 5.75 Å². The van der Waals surface area contributed by atoms with Crippen LogP contribution < -0.4 is 10.1 Å². The molecular weight excluding hydrogens is 296 g/mol. The second-order valence-corrected chi connectivity index (χ2v) is 5.44. The lowest BCUT2D eigenvalue weighted by Gasteiger charge is -2.14. The second-order valence-electron chi connectivity index (χ2n) is 5.44. The number of ether oxygens (including phenoxy) is 2. The summed E-state index contributed by atoms with van der Waals surface area (Å²) in [5, 5.41) is 10.9. The molecule has 7 heteroatoms. The number of hydrogen-bond acceptors (Lipinski definition) is 5. The standard InChI is InChI=1S/C16H20N4O3/c1-22-13-7-5-12(6-8-13)10-23-11-15(21)17-16-19-18-14-4-2-3-9-20(14)16/h5-8H,2-4,9-11H2,1H3,(H,17,19,21). The Morgan fingerprint density at radius 2 is 2.09 bits per heavy atom. The molecule has 0 saturated heterocycles. The van der Waals surface area contributed by atoms with Crippen molar-refractivity contribution < 1.29 is 14.3 Å². The molecule has 1 aromatic carbocycles. The van der Waals surface area contributed by atoms with Crippen molar-refractivity contribution in [3.63, 3.8) is 0 Å². The van der Waals surface area contributed by atoms with Crippen LogP contribution in [0.5, 0.6) is 5.75 Å². The summed E-state index contributed by atoms with van der Waals surface area (Å²) in [7, 11) is 1.62. The molecule has 1 aliphatic heterocycles. The van der Waals surface area contributed by atoms with Crippen molar-refractivity contribution in [2.75, 3.05) is 19.0 Å². The van der Waals surface area contributed by atoms with E-state index < -0.39 is 0 Å². The quantitative estimate of drug-likeness (QED) is 0.879. The highest BCUT2D eigenvalue weighted by atomic mass is 16.5. The normalized spacial score (nSPS) is 13.4. The first kappa shape index (κ1) is 15.5. The smallest absolute Gasteiger partial charge is 0.252 e. The number of methoxy groups -OCH3 is 1. The number of carbonyl (C=O) groups excluding carboxylic acids is 1. The van der Waals surface area contributed by atoms with Crippen LogP contribution in [-0.4, -0.2) is 34.4 Å². The molecular formula is C16H20N4O3. The molecule has 2 aromatic rings. The number of nitrogens with zero attached hydrogens (tertiary/aromatic N) is 3. The Hall–Kier alpha value is -2.41. The van der Waals surface area contributed by atoms with Gasteiger partial charge < -0.3 is 9.47 Å². The fourth-order valence-corrected chi connectivity index (χ4v) is 2.54. The number of aromatic nitrogens is 3. The minimum absolute atomic E-state index is 0.0196. The molecule has 7 nitrogen and oxygen atoms in total. The molecule has 122 valence electrons. The van der Waals surface area contributed by atoms with Gasteiger partial charge in [0.1, 0.15) is 18.2 Å². The van der Waals surface area contributed by atoms with E-state index in [1.165, 1.54) is 0 Å². The first-order chi connectivity index (χ1) is 11.3. The highest BCUT2D eigenvalue weighted by molar-refractivity contribution is 5.90. The molecule has 0 radical (unpaired) electrons. The molecule has 1 N–H and O–H groups in total. The number of anilines is 1. The van der Waals surface area contributed by atoms with Crippen LogP contribution in [0, 0.1) is 0 Å². The van der Waals surface area contributed by atoms with Gasteiger partial charge in [-0.05, 0) is 30.5 Å². The summed E-state index contributed by atoms with van der Waals surface area (Å²) in [5.41, 5.74) is 0.985. The third kappa shape index (κ3) is 3.87. The number of fused-ring (bicyclic) bond motifs is 1. The number of nitrogens with one attached hydrogen (secondary N) is 1. The van der Waals surface area contributed by atoms with Gasteiger partial charge in [-0.25, -0.2) is 0 Å². The summed E-state index contributed by atoms with van der Waals surface area (Å²) in [5.74, 6) is 2.02. The molecule has 1 aliphatic rings. The van der Waals surface area contributed by atoms with E-state index in [2.05, 4.69) is 15.5 Å². The van der Waals surface area contributed by atoms with Crippen LogP contribution >= 0.6 is 0 Å². The van der Waals surface area contributed by atoms with Gasteiger partial charge in [0.25, 0.3) is 5.91 Å². The van der Waals surface area contributed by atoms with E-state index >= 15 is 0 Å². The molecule has 0 unspecified atom stereocenters. The average Bonchev–Trinajstić information content (AvgIpc) is 2.99. The van der Waals surface area contributed by atoms with E-state index in [0.717, 1.165) is 42.9 Å². The van der Waals surface area contributed by atoms with E-state index in [4.69, 9.17) is 9.47 Å². The summed E-state index contributed by atoms with van der Waals surface area (Å²) in [6.45, 7) is 1.20. The van der Waals surface area contributed by atoms with Crippen molar-refractivity contribution in [1.82, 2.24) is 14.8 Å². The molecule has 23 heavy (non-hydrogen) atoms. The monoisotopic (exact) mass is 316 g/mol. The van der Waals surface area contributed by atoms with Crippen LogP contribution in [0.2, 0.25) is 0 Å². The molecule has 0 spiro atoms. The highest BCUT2D eigenvalue weighted by Crippen LogP contribution is 2.17. The number of aryl methyl sites for hydroxylation is 1. The van der Waals surface area contributed by atoms with Gasteiger partial charge in [-0.2, -0.15) is 0 Å². The SMILES string of the molecule is COc1ccc(COCC(=O)Nc2nnc3n2CCCC3)cc1. The van der Waals surface area contributed by atoms with Crippen LogP contribution in [0.4, 0.5) is 5.95 Å². The maximum absolute atomic E-state index is 11.9. The van der Waals surface area contributed by atoms with Gasteiger partial charge in [0.05, 0.1) is 13.7 Å². The van der Waals surface area contributed by atoms with Gasteiger partial charge in [0.15, 0.2) is 0 Å². The Labute approximate surface area is 134 Å². The van der Waals surface area contributed by atoms with E-state index in [1.807, 2.05) is 28.8 Å². The summed E-state index contributed by atoms with van der Waals surface area (Å²) >= 11 is 0. The first-order valence-electron chi connectivity index (χ1n) is 7.69. The molecule has 0 aliphatic carbocycles. The van der Waals surface area contributed by atoms with Crippen molar-refractivity contribution in [2.24, 2.45) is 0 Å². The topological polar surface area (TPSA) is 78.3 Å². The lowest BCUT2D eigenvalue weighted by atomic mass is 10.2. The largest absolute Gasteiger partial charge is 0.497 e. The zero-order valence-electron chi connectivity index (χ0n) is 13.1. The highest BCUT2D eigenvalue weighted by Gasteiger charge is 2.17. The van der Waals surface area contributed by atoms with Gasteiger partial charge in [-0.15, -0.1) is 10.2 Å². The lowest BCUT2D eigenvalue weighted by molar-refractivity contribution is -0.121. The molecule has 2 heterocycles. The molecule has 0 saturated carbocycles. The Balaban J connectivity index is 1.47. The van der Waals surface area contributed by atoms with Crippen LogP contribution in [0.3, 0.4) is 0 Å². The summed E-state index contributed by atoms with van der Waals surface area (Å²) < 4.78 is 12.5. The third-order valence-electron chi connectivity index (χ3n) is 3.77. The number of hydrogen-bond donors (Lipinski definition) is 1. The van der Waals surface area contributed by atoms with Gasteiger partial charge in [0, 0.05) is 13.0 Å². The minimum atomic E-state index is -0.223. The molecule has 0 atom stereocenters. The maximum atomic E-state index is 11.9. The lowest BCUT2D eigenvalue weighted by Crippen LogP contribution is -2.22. The van der Waals surface area contributed by atoms with Crippen molar-refractivity contribution in [3.05, 3.63) is 35.7 Å². The van der Waals surface area contributed by atoms with Crippen molar-refractivity contribution >= 4 is 11.9 Å². The fraction of sp³-hybridized carbons (Fsp3) is 0.438. The predicted molar refractivity (Wildman–Crippen MR) is 84.2 cm³/mol. The van der Waals surface area contributed by atoms with E-state index in [-0.39, 0.29) is 12.5 Å². The maximum Gasteiger partial charge on any atom is 0.252 e. The number of amides is 1. The Kier molecular flexibility index (Phi) is 4.87. The fourth-order valence-electron chi connectivity index (χ4n) is 2.54. The third-order valence-corrected chi connectivity index (χ3v) is 3.77. The van der Waals surface area contributed by atoms with Crippen molar-refractivity contribution in [1.29, 1.82) is 0 Å². The molecule has 0 bridgehead atoms. The zero-order valence-corrected chi connectivity index (χ0v) is 13.1. The van der Waals surface area contributed by atoms with E-state index in [9.17, 15) is 4.79 Å².